The van der Waals surface area contributed by atoms with Gasteiger partial charge < -0.3 is 10.5 Å². The number of hydrogen-bond donors (Lipinski definition) is 1. The first-order valence-corrected chi connectivity index (χ1v) is 7.18. The Balaban J connectivity index is 2.16. The van der Waals surface area contributed by atoms with Crippen molar-refractivity contribution in [3.63, 3.8) is 0 Å². The molecule has 2 aromatic carbocycles. The predicted octanol–water partition coefficient (Wildman–Crippen LogP) is 4.82. The van der Waals surface area contributed by atoms with Crippen LogP contribution in [-0.4, -0.2) is 0 Å². The van der Waals surface area contributed by atoms with Gasteiger partial charge in [0.2, 0.25) is 0 Å². The summed E-state index contributed by atoms with van der Waals surface area (Å²) in [4.78, 5) is 0. The Morgan fingerprint density at radius 2 is 1.95 bits per heavy atom. The van der Waals surface area contributed by atoms with Gasteiger partial charge in [-0.25, -0.2) is 4.39 Å². The van der Waals surface area contributed by atoms with Gasteiger partial charge in [0, 0.05) is 4.47 Å². The standard InChI is InChI=1S/C14H12Br2FNO/c1-8-4-10(15)6-13(18)14(8)19-7-9-2-3-12(17)11(16)5-9/h2-6H,7,18H2,1H3. The summed E-state index contributed by atoms with van der Waals surface area (Å²) in [6, 6.07) is 8.51. The van der Waals surface area contributed by atoms with E-state index >= 15 is 0 Å². The monoisotopic (exact) mass is 387 g/mol. The molecule has 2 N–H and O–H groups in total. The molecule has 100 valence electrons. The maximum atomic E-state index is 13.1. The largest absolute Gasteiger partial charge is 0.486 e. The number of hydrogen-bond acceptors (Lipinski definition) is 2. The molecule has 0 fully saturated rings. The lowest BCUT2D eigenvalue weighted by Crippen LogP contribution is -2.01. The van der Waals surface area contributed by atoms with Crippen molar-refractivity contribution in [2.24, 2.45) is 0 Å². The van der Waals surface area contributed by atoms with E-state index < -0.39 is 0 Å². The predicted molar refractivity (Wildman–Crippen MR) is 81.7 cm³/mol. The lowest BCUT2D eigenvalue weighted by molar-refractivity contribution is 0.305. The third-order valence-electron chi connectivity index (χ3n) is 2.64. The molecule has 0 atom stereocenters. The normalized spacial score (nSPS) is 10.5. The van der Waals surface area contributed by atoms with Gasteiger partial charge in [-0.2, -0.15) is 0 Å². The second-order valence-corrected chi connectivity index (χ2v) is 5.95. The third kappa shape index (κ3) is 3.48. The molecular weight excluding hydrogens is 377 g/mol. The number of rotatable bonds is 3. The molecule has 2 nitrogen and oxygen atoms in total. The van der Waals surface area contributed by atoms with Crippen LogP contribution in [0.3, 0.4) is 0 Å². The van der Waals surface area contributed by atoms with Crippen LogP contribution in [0.25, 0.3) is 0 Å². The topological polar surface area (TPSA) is 35.2 Å². The molecule has 0 amide bonds. The number of ether oxygens (including phenoxy) is 1. The van der Waals surface area contributed by atoms with Gasteiger partial charge >= 0.3 is 0 Å². The highest BCUT2D eigenvalue weighted by Crippen LogP contribution is 2.31. The van der Waals surface area contributed by atoms with Crippen LogP contribution in [0.1, 0.15) is 11.1 Å². The fraction of sp³-hybridized carbons (Fsp3) is 0.143. The molecule has 0 saturated carbocycles. The zero-order valence-electron chi connectivity index (χ0n) is 10.2. The minimum absolute atomic E-state index is 0.289. The maximum absolute atomic E-state index is 13.1. The molecule has 0 saturated heterocycles. The second-order valence-electron chi connectivity index (χ2n) is 4.18. The molecule has 0 heterocycles. The summed E-state index contributed by atoms with van der Waals surface area (Å²) >= 11 is 6.53. The Labute approximate surface area is 128 Å². The summed E-state index contributed by atoms with van der Waals surface area (Å²) in [5.41, 5.74) is 8.32. The van der Waals surface area contributed by atoms with E-state index in [1.54, 1.807) is 18.2 Å². The van der Waals surface area contributed by atoms with Crippen molar-refractivity contribution in [3.05, 3.63) is 56.2 Å². The molecule has 5 heteroatoms. The Hall–Kier alpha value is -1.07. The van der Waals surface area contributed by atoms with E-state index in [4.69, 9.17) is 10.5 Å². The summed E-state index contributed by atoms with van der Waals surface area (Å²) < 4.78 is 20.2. The van der Waals surface area contributed by atoms with Crippen LogP contribution >= 0.6 is 31.9 Å². The van der Waals surface area contributed by atoms with Crippen LogP contribution in [0.5, 0.6) is 5.75 Å². The molecule has 0 unspecified atom stereocenters. The summed E-state index contributed by atoms with van der Waals surface area (Å²) in [6.45, 7) is 2.27. The molecule has 0 aliphatic rings. The number of aryl methyl sites for hydroxylation is 1. The SMILES string of the molecule is Cc1cc(Br)cc(N)c1OCc1ccc(F)c(Br)c1. The second kappa shape index (κ2) is 5.92. The quantitative estimate of drug-likeness (QED) is 0.765. The van der Waals surface area contributed by atoms with Crippen LogP contribution < -0.4 is 10.5 Å². The van der Waals surface area contributed by atoms with Gasteiger partial charge in [0.1, 0.15) is 18.2 Å². The summed E-state index contributed by atoms with van der Waals surface area (Å²) in [5, 5.41) is 0. The van der Waals surface area contributed by atoms with Crippen molar-refractivity contribution in [1.29, 1.82) is 0 Å². The van der Waals surface area contributed by atoms with Crippen molar-refractivity contribution in [2.45, 2.75) is 13.5 Å². The van der Waals surface area contributed by atoms with Crippen molar-refractivity contribution in [1.82, 2.24) is 0 Å². The van der Waals surface area contributed by atoms with Crippen LogP contribution in [0, 0.1) is 12.7 Å². The smallest absolute Gasteiger partial charge is 0.145 e. The van der Waals surface area contributed by atoms with E-state index in [9.17, 15) is 4.39 Å². The molecule has 0 bridgehead atoms. The molecule has 0 radical (unpaired) electrons. The summed E-state index contributed by atoms with van der Waals surface area (Å²) in [5.74, 6) is 0.367. The molecule has 2 aromatic rings. The van der Waals surface area contributed by atoms with Gasteiger partial charge in [-0.3, -0.25) is 0 Å². The number of benzene rings is 2. The van der Waals surface area contributed by atoms with Gasteiger partial charge in [-0.05, 0) is 58.2 Å². The minimum Gasteiger partial charge on any atom is -0.486 e. The van der Waals surface area contributed by atoms with E-state index in [1.165, 1.54) is 6.07 Å². The number of halogens is 3. The van der Waals surface area contributed by atoms with Crippen LogP contribution in [0.2, 0.25) is 0 Å². The molecule has 0 aliphatic carbocycles. The number of anilines is 1. The maximum Gasteiger partial charge on any atom is 0.145 e. The fourth-order valence-electron chi connectivity index (χ4n) is 1.74. The lowest BCUT2D eigenvalue weighted by atomic mass is 10.2. The van der Waals surface area contributed by atoms with Gasteiger partial charge in [-0.1, -0.05) is 22.0 Å². The number of nitrogen functional groups attached to an aromatic ring is 1. The Morgan fingerprint density at radius 3 is 2.58 bits per heavy atom. The lowest BCUT2D eigenvalue weighted by Gasteiger charge is -2.12. The van der Waals surface area contributed by atoms with Gasteiger partial charge in [0.05, 0.1) is 10.2 Å². The van der Waals surface area contributed by atoms with Crippen LogP contribution in [0.15, 0.2) is 39.3 Å². The average Bonchev–Trinajstić information content (AvgIpc) is 2.32. The molecule has 2 rings (SSSR count). The zero-order valence-corrected chi connectivity index (χ0v) is 13.4. The van der Waals surface area contributed by atoms with E-state index in [2.05, 4.69) is 31.9 Å². The first-order valence-electron chi connectivity index (χ1n) is 5.59. The van der Waals surface area contributed by atoms with Gasteiger partial charge in [0.15, 0.2) is 0 Å². The Kier molecular flexibility index (Phi) is 4.47. The molecule has 0 aromatic heterocycles. The van der Waals surface area contributed by atoms with Crippen molar-refractivity contribution < 1.29 is 9.13 Å². The third-order valence-corrected chi connectivity index (χ3v) is 3.70. The van der Waals surface area contributed by atoms with E-state index in [0.29, 0.717) is 22.5 Å². The Bertz CT molecular complexity index is 593. The zero-order chi connectivity index (χ0) is 14.0. The first-order chi connectivity index (χ1) is 8.97. The van der Waals surface area contributed by atoms with Crippen molar-refractivity contribution >= 4 is 37.5 Å². The molecule has 19 heavy (non-hydrogen) atoms. The summed E-state index contributed by atoms with van der Waals surface area (Å²) in [7, 11) is 0. The Morgan fingerprint density at radius 1 is 1.21 bits per heavy atom. The van der Waals surface area contributed by atoms with Crippen molar-refractivity contribution in [2.75, 3.05) is 5.73 Å². The van der Waals surface area contributed by atoms with Gasteiger partial charge in [0.25, 0.3) is 0 Å². The minimum atomic E-state index is -0.289. The fourth-order valence-corrected chi connectivity index (χ4v) is 2.75. The summed E-state index contributed by atoms with van der Waals surface area (Å²) in [6.07, 6.45) is 0. The molecule has 0 aliphatic heterocycles. The van der Waals surface area contributed by atoms with Crippen molar-refractivity contribution in [3.8, 4) is 5.75 Å². The molecule has 0 spiro atoms. The highest BCUT2D eigenvalue weighted by molar-refractivity contribution is 9.10. The highest BCUT2D eigenvalue weighted by Gasteiger charge is 2.07. The van der Waals surface area contributed by atoms with E-state index in [0.717, 1.165) is 15.6 Å². The van der Waals surface area contributed by atoms with Gasteiger partial charge in [-0.15, -0.1) is 0 Å². The molecular formula is C14H12Br2FNO. The first kappa shape index (κ1) is 14.3. The van der Waals surface area contributed by atoms with E-state index in [1.807, 2.05) is 13.0 Å². The van der Waals surface area contributed by atoms with Crippen LogP contribution in [0.4, 0.5) is 10.1 Å². The van der Waals surface area contributed by atoms with Crippen LogP contribution in [-0.2, 0) is 6.61 Å². The highest BCUT2D eigenvalue weighted by atomic mass is 79.9. The average molecular weight is 389 g/mol. The van der Waals surface area contributed by atoms with E-state index in [-0.39, 0.29) is 5.82 Å². The number of nitrogens with two attached hydrogens (primary N) is 1.